The molecule has 0 aromatic rings. The lowest BCUT2D eigenvalue weighted by molar-refractivity contribution is 0.152. The monoisotopic (exact) mass is 259 g/mol. The van der Waals surface area contributed by atoms with E-state index >= 15 is 0 Å². The van der Waals surface area contributed by atoms with Gasteiger partial charge in [-0.05, 0) is 30.9 Å². The standard InChI is InChI=1S/C10H14ClN3O3/c11-8(15)13-6-7-14(10(13)17)9(16)12-4-2-1-3-5-12/h1-7H2. The van der Waals surface area contributed by atoms with Gasteiger partial charge in [-0.1, -0.05) is 0 Å². The van der Waals surface area contributed by atoms with E-state index in [0.717, 1.165) is 29.1 Å². The minimum atomic E-state index is -0.830. The second-order valence-corrected chi connectivity index (χ2v) is 4.49. The van der Waals surface area contributed by atoms with Crippen LogP contribution in [0.25, 0.3) is 0 Å². The van der Waals surface area contributed by atoms with Crippen LogP contribution >= 0.6 is 11.6 Å². The van der Waals surface area contributed by atoms with E-state index in [1.807, 2.05) is 0 Å². The maximum Gasteiger partial charge on any atom is 0.335 e. The summed E-state index contributed by atoms with van der Waals surface area (Å²) >= 11 is 5.25. The molecule has 0 aromatic heterocycles. The highest BCUT2D eigenvalue weighted by Gasteiger charge is 2.38. The number of likely N-dealkylation sites (tertiary alicyclic amines) is 1. The second-order valence-electron chi connectivity index (χ2n) is 4.17. The van der Waals surface area contributed by atoms with Gasteiger partial charge in [0.1, 0.15) is 0 Å². The van der Waals surface area contributed by atoms with Gasteiger partial charge in [-0.2, -0.15) is 0 Å². The molecule has 0 unspecified atom stereocenters. The zero-order valence-electron chi connectivity index (χ0n) is 9.39. The minimum Gasteiger partial charge on any atom is -0.324 e. The van der Waals surface area contributed by atoms with Gasteiger partial charge in [-0.25, -0.2) is 19.4 Å². The van der Waals surface area contributed by atoms with Crippen LogP contribution in [0.2, 0.25) is 0 Å². The molecule has 2 fully saturated rings. The summed E-state index contributed by atoms with van der Waals surface area (Å²) in [6.07, 6.45) is 3.04. The third kappa shape index (κ3) is 2.36. The SMILES string of the molecule is O=C(Cl)N1CCN(C(=O)N2CCCCC2)C1=O. The van der Waals surface area contributed by atoms with E-state index in [-0.39, 0.29) is 19.1 Å². The zero-order valence-corrected chi connectivity index (χ0v) is 10.2. The van der Waals surface area contributed by atoms with Crippen molar-refractivity contribution in [2.24, 2.45) is 0 Å². The molecule has 0 aliphatic carbocycles. The van der Waals surface area contributed by atoms with Gasteiger partial charge in [0, 0.05) is 19.6 Å². The van der Waals surface area contributed by atoms with Crippen LogP contribution in [0, 0.1) is 0 Å². The molecule has 2 saturated heterocycles. The molecule has 5 amide bonds. The highest BCUT2D eigenvalue weighted by atomic mass is 35.5. The maximum absolute atomic E-state index is 12.0. The first kappa shape index (κ1) is 12.2. The van der Waals surface area contributed by atoms with Crippen molar-refractivity contribution in [3.05, 3.63) is 0 Å². The number of hydrogen-bond acceptors (Lipinski definition) is 3. The lowest BCUT2D eigenvalue weighted by atomic mass is 10.1. The Hall–Kier alpha value is -1.30. The number of halogens is 1. The van der Waals surface area contributed by atoms with Crippen LogP contribution in [0.5, 0.6) is 0 Å². The van der Waals surface area contributed by atoms with Gasteiger partial charge in [-0.15, -0.1) is 0 Å². The molecule has 0 atom stereocenters. The van der Waals surface area contributed by atoms with Gasteiger partial charge >= 0.3 is 17.4 Å². The van der Waals surface area contributed by atoms with E-state index in [1.165, 1.54) is 0 Å². The van der Waals surface area contributed by atoms with Crippen molar-refractivity contribution >= 4 is 29.0 Å². The molecule has 0 radical (unpaired) electrons. The third-order valence-electron chi connectivity index (χ3n) is 3.08. The van der Waals surface area contributed by atoms with Crippen molar-refractivity contribution in [1.29, 1.82) is 0 Å². The van der Waals surface area contributed by atoms with Gasteiger partial charge in [-0.3, -0.25) is 4.79 Å². The van der Waals surface area contributed by atoms with E-state index < -0.39 is 11.4 Å². The number of rotatable bonds is 0. The van der Waals surface area contributed by atoms with Crippen molar-refractivity contribution in [2.45, 2.75) is 19.3 Å². The van der Waals surface area contributed by atoms with Crippen LogP contribution in [-0.4, -0.2) is 58.3 Å². The molecule has 0 N–H and O–H groups in total. The number of amides is 5. The first-order valence-corrected chi connectivity index (χ1v) is 6.06. The van der Waals surface area contributed by atoms with E-state index in [9.17, 15) is 14.4 Å². The average Bonchev–Trinajstić information content (AvgIpc) is 2.71. The molecule has 0 spiro atoms. The first-order valence-electron chi connectivity index (χ1n) is 5.68. The Morgan fingerprint density at radius 2 is 1.53 bits per heavy atom. The fraction of sp³-hybridized carbons (Fsp3) is 0.700. The van der Waals surface area contributed by atoms with Gasteiger partial charge < -0.3 is 4.90 Å². The summed E-state index contributed by atoms with van der Waals surface area (Å²) in [7, 11) is 0. The Bertz CT molecular complexity index is 355. The van der Waals surface area contributed by atoms with Crippen LogP contribution in [0.3, 0.4) is 0 Å². The number of nitrogens with zero attached hydrogens (tertiary/aromatic N) is 3. The number of carbonyl (C=O) groups is 3. The smallest absolute Gasteiger partial charge is 0.324 e. The lowest BCUT2D eigenvalue weighted by Gasteiger charge is -2.29. The van der Waals surface area contributed by atoms with Crippen LogP contribution in [-0.2, 0) is 0 Å². The average molecular weight is 260 g/mol. The predicted octanol–water partition coefficient (Wildman–Crippen LogP) is 1.69. The van der Waals surface area contributed by atoms with Gasteiger partial charge in [0.05, 0.1) is 6.54 Å². The summed E-state index contributed by atoms with van der Waals surface area (Å²) < 4.78 is 0. The lowest BCUT2D eigenvalue weighted by Crippen LogP contribution is -2.47. The Labute approximate surface area is 104 Å². The van der Waals surface area contributed by atoms with E-state index in [4.69, 9.17) is 11.6 Å². The van der Waals surface area contributed by atoms with Crippen LogP contribution in [0.15, 0.2) is 0 Å². The molecule has 0 bridgehead atoms. The summed E-state index contributed by atoms with van der Waals surface area (Å²) in [4.78, 5) is 38.3. The fourth-order valence-electron chi connectivity index (χ4n) is 2.13. The molecule has 0 saturated carbocycles. The van der Waals surface area contributed by atoms with Crippen molar-refractivity contribution in [3.8, 4) is 0 Å². The van der Waals surface area contributed by atoms with Gasteiger partial charge in [0.2, 0.25) is 0 Å². The predicted molar refractivity (Wildman–Crippen MR) is 60.9 cm³/mol. The first-order chi connectivity index (χ1) is 8.11. The Kier molecular flexibility index (Phi) is 3.51. The Balaban J connectivity index is 2.01. The molecule has 2 rings (SSSR count). The highest BCUT2D eigenvalue weighted by molar-refractivity contribution is 6.64. The zero-order chi connectivity index (χ0) is 12.4. The normalized spacial score (nSPS) is 21.0. The van der Waals surface area contributed by atoms with Crippen LogP contribution in [0.4, 0.5) is 14.4 Å². The summed E-state index contributed by atoms with van der Waals surface area (Å²) in [5.74, 6) is 0. The summed E-state index contributed by atoms with van der Waals surface area (Å²) in [6.45, 7) is 1.77. The minimum absolute atomic E-state index is 0.181. The highest BCUT2D eigenvalue weighted by Crippen LogP contribution is 2.16. The summed E-state index contributed by atoms with van der Waals surface area (Å²) in [6, 6.07) is -0.921. The van der Waals surface area contributed by atoms with Gasteiger partial charge in [0.25, 0.3) is 0 Å². The number of carbonyl (C=O) groups excluding carboxylic acids is 3. The molecule has 0 aromatic carbocycles. The van der Waals surface area contributed by atoms with Crippen molar-refractivity contribution in [3.63, 3.8) is 0 Å². The molecular weight excluding hydrogens is 246 g/mol. The Morgan fingerprint density at radius 1 is 0.941 bits per heavy atom. The van der Waals surface area contributed by atoms with Crippen molar-refractivity contribution in [1.82, 2.24) is 14.7 Å². The molecule has 2 aliphatic heterocycles. The van der Waals surface area contributed by atoms with E-state index in [2.05, 4.69) is 0 Å². The quantitative estimate of drug-likeness (QED) is 0.491. The molecule has 94 valence electrons. The largest absolute Gasteiger partial charge is 0.335 e. The number of imide groups is 2. The molecule has 2 heterocycles. The Morgan fingerprint density at radius 3 is 2.06 bits per heavy atom. The topological polar surface area (TPSA) is 60.9 Å². The van der Waals surface area contributed by atoms with Gasteiger partial charge in [0.15, 0.2) is 0 Å². The summed E-state index contributed by atoms with van der Waals surface area (Å²) in [5, 5.41) is -0.830. The van der Waals surface area contributed by atoms with Crippen molar-refractivity contribution < 1.29 is 14.4 Å². The number of urea groups is 2. The van der Waals surface area contributed by atoms with E-state index in [1.54, 1.807) is 4.90 Å². The molecule has 7 heteroatoms. The maximum atomic E-state index is 12.0. The third-order valence-corrected chi connectivity index (χ3v) is 3.28. The second kappa shape index (κ2) is 4.91. The number of piperidine rings is 1. The van der Waals surface area contributed by atoms with E-state index in [0.29, 0.717) is 13.1 Å². The van der Waals surface area contributed by atoms with Crippen LogP contribution in [0.1, 0.15) is 19.3 Å². The molecular formula is C10H14ClN3O3. The summed E-state index contributed by atoms with van der Waals surface area (Å²) in [5.41, 5.74) is 0. The van der Waals surface area contributed by atoms with Crippen LogP contribution < -0.4 is 0 Å². The molecule has 2 aliphatic rings. The van der Waals surface area contributed by atoms with Crippen molar-refractivity contribution in [2.75, 3.05) is 26.2 Å². The fourth-order valence-corrected chi connectivity index (χ4v) is 2.29. The molecule has 6 nitrogen and oxygen atoms in total. The molecule has 17 heavy (non-hydrogen) atoms. The number of hydrogen-bond donors (Lipinski definition) is 0.